The van der Waals surface area contributed by atoms with Crippen molar-refractivity contribution in [1.29, 1.82) is 5.41 Å². The third-order valence-electron chi connectivity index (χ3n) is 1.98. The summed E-state index contributed by atoms with van der Waals surface area (Å²) in [6.45, 7) is 0. The molecular formula is C9H8N2O2. The molecule has 1 aliphatic heterocycles. The van der Waals surface area contributed by atoms with Crippen LogP contribution in [0, 0.1) is 5.41 Å². The summed E-state index contributed by atoms with van der Waals surface area (Å²) in [5.41, 5.74) is 1.05. The summed E-state index contributed by atoms with van der Waals surface area (Å²) in [4.78, 5) is 11.2. The van der Waals surface area contributed by atoms with Crippen LogP contribution in [0.4, 0.5) is 0 Å². The zero-order valence-electron chi connectivity index (χ0n) is 7.05. The number of rotatable bonds is 1. The molecular weight excluding hydrogens is 168 g/mol. The summed E-state index contributed by atoms with van der Waals surface area (Å²) in [6.07, 6.45) is 0. The van der Waals surface area contributed by atoms with E-state index < -0.39 is 0 Å². The number of methoxy groups -OCH3 is 1. The van der Waals surface area contributed by atoms with Crippen LogP contribution in [-0.2, 0) is 0 Å². The van der Waals surface area contributed by atoms with Gasteiger partial charge in [0.1, 0.15) is 11.6 Å². The maximum absolute atomic E-state index is 11.2. The van der Waals surface area contributed by atoms with Gasteiger partial charge in [-0.1, -0.05) is 6.07 Å². The highest BCUT2D eigenvalue weighted by molar-refractivity contribution is 6.23. The molecule has 13 heavy (non-hydrogen) atoms. The Hall–Kier alpha value is -1.84. The minimum Gasteiger partial charge on any atom is -0.496 e. The molecule has 4 nitrogen and oxygen atoms in total. The van der Waals surface area contributed by atoms with Gasteiger partial charge in [-0.3, -0.25) is 10.2 Å². The molecule has 1 aromatic carbocycles. The Balaban J connectivity index is 2.69. The molecule has 0 aliphatic carbocycles. The lowest BCUT2D eigenvalue weighted by Crippen LogP contribution is -2.20. The molecule has 0 bridgehead atoms. The molecule has 0 atom stereocenters. The predicted molar refractivity (Wildman–Crippen MR) is 47.3 cm³/mol. The number of ether oxygens (including phenoxy) is 1. The number of benzene rings is 1. The molecule has 1 aromatic rings. The lowest BCUT2D eigenvalue weighted by molar-refractivity contribution is 0.0983. The fourth-order valence-corrected chi connectivity index (χ4v) is 1.39. The van der Waals surface area contributed by atoms with Crippen molar-refractivity contribution in [3.63, 3.8) is 0 Å². The Kier molecular flexibility index (Phi) is 1.55. The van der Waals surface area contributed by atoms with E-state index in [0.717, 1.165) is 0 Å². The predicted octanol–water partition coefficient (Wildman–Crippen LogP) is 0.764. The first-order valence-electron chi connectivity index (χ1n) is 3.81. The van der Waals surface area contributed by atoms with Gasteiger partial charge >= 0.3 is 0 Å². The number of hydrogen-bond donors (Lipinski definition) is 2. The monoisotopic (exact) mass is 176 g/mol. The van der Waals surface area contributed by atoms with E-state index in [4.69, 9.17) is 10.1 Å². The zero-order valence-corrected chi connectivity index (χ0v) is 7.05. The molecule has 2 rings (SSSR count). The highest BCUT2D eigenvalue weighted by atomic mass is 16.5. The number of carbonyl (C=O) groups excluding carboxylic acids is 1. The van der Waals surface area contributed by atoms with Crippen LogP contribution in [0.3, 0.4) is 0 Å². The van der Waals surface area contributed by atoms with E-state index in [-0.39, 0.29) is 11.7 Å². The van der Waals surface area contributed by atoms with Gasteiger partial charge in [0.05, 0.1) is 18.2 Å². The second-order valence-electron chi connectivity index (χ2n) is 2.71. The molecule has 0 spiro atoms. The molecule has 0 saturated carbocycles. The average Bonchev–Trinajstić information content (AvgIpc) is 2.43. The van der Waals surface area contributed by atoms with Crippen molar-refractivity contribution >= 4 is 11.7 Å². The van der Waals surface area contributed by atoms with Gasteiger partial charge in [0.25, 0.3) is 5.91 Å². The van der Waals surface area contributed by atoms with Crippen LogP contribution in [0.5, 0.6) is 5.75 Å². The topological polar surface area (TPSA) is 62.2 Å². The first kappa shape index (κ1) is 7.79. The quantitative estimate of drug-likeness (QED) is 0.663. The van der Waals surface area contributed by atoms with Gasteiger partial charge in [-0.15, -0.1) is 0 Å². The number of nitrogens with one attached hydrogen (secondary N) is 2. The van der Waals surface area contributed by atoms with E-state index in [0.29, 0.717) is 16.9 Å². The van der Waals surface area contributed by atoms with Gasteiger partial charge < -0.3 is 10.1 Å². The largest absolute Gasteiger partial charge is 0.496 e. The fraction of sp³-hybridized carbons (Fsp3) is 0.111. The molecule has 1 heterocycles. The van der Waals surface area contributed by atoms with Gasteiger partial charge in [0.2, 0.25) is 0 Å². The summed E-state index contributed by atoms with van der Waals surface area (Å²) in [6, 6.07) is 5.14. The van der Waals surface area contributed by atoms with Gasteiger partial charge in [-0.2, -0.15) is 0 Å². The summed E-state index contributed by atoms with van der Waals surface area (Å²) >= 11 is 0. The highest BCUT2D eigenvalue weighted by Gasteiger charge is 2.26. The molecule has 4 heteroatoms. The van der Waals surface area contributed by atoms with Crippen molar-refractivity contribution in [1.82, 2.24) is 5.32 Å². The van der Waals surface area contributed by atoms with Gasteiger partial charge in [0.15, 0.2) is 0 Å². The van der Waals surface area contributed by atoms with Gasteiger partial charge in [0, 0.05) is 0 Å². The highest BCUT2D eigenvalue weighted by Crippen LogP contribution is 2.25. The molecule has 2 N–H and O–H groups in total. The lowest BCUT2D eigenvalue weighted by Gasteiger charge is -2.03. The van der Waals surface area contributed by atoms with Crippen LogP contribution in [0.2, 0.25) is 0 Å². The number of hydrogen-bond acceptors (Lipinski definition) is 3. The van der Waals surface area contributed by atoms with Gasteiger partial charge in [-0.05, 0) is 12.1 Å². The lowest BCUT2D eigenvalue weighted by atomic mass is 10.1. The van der Waals surface area contributed by atoms with Crippen molar-refractivity contribution in [2.24, 2.45) is 0 Å². The first-order valence-corrected chi connectivity index (χ1v) is 3.81. The maximum atomic E-state index is 11.2. The Morgan fingerprint density at radius 1 is 1.46 bits per heavy atom. The normalized spacial score (nSPS) is 13.9. The van der Waals surface area contributed by atoms with E-state index in [1.807, 2.05) is 0 Å². The fourth-order valence-electron chi connectivity index (χ4n) is 1.39. The van der Waals surface area contributed by atoms with Crippen LogP contribution >= 0.6 is 0 Å². The summed E-state index contributed by atoms with van der Waals surface area (Å²) in [7, 11) is 1.52. The van der Waals surface area contributed by atoms with Crippen molar-refractivity contribution in [3.8, 4) is 5.75 Å². The molecule has 0 aromatic heterocycles. The molecule has 66 valence electrons. The van der Waals surface area contributed by atoms with E-state index in [9.17, 15) is 4.79 Å². The third-order valence-corrected chi connectivity index (χ3v) is 1.98. The van der Waals surface area contributed by atoms with Crippen molar-refractivity contribution in [2.45, 2.75) is 0 Å². The van der Waals surface area contributed by atoms with Crippen LogP contribution < -0.4 is 10.1 Å². The molecule has 0 radical (unpaired) electrons. The van der Waals surface area contributed by atoms with E-state index in [2.05, 4.69) is 5.32 Å². The standard InChI is InChI=1S/C9H8N2O2/c1-13-6-4-2-3-5-7(6)8(10)11-9(5)12/h2-4H,1H3,(H2,10,11,12). The van der Waals surface area contributed by atoms with Crippen LogP contribution in [0.25, 0.3) is 0 Å². The van der Waals surface area contributed by atoms with Crippen molar-refractivity contribution < 1.29 is 9.53 Å². The SMILES string of the molecule is COc1cccc2c1C(=N)NC2=O. The van der Waals surface area contributed by atoms with E-state index in [1.165, 1.54) is 7.11 Å². The van der Waals surface area contributed by atoms with Gasteiger partial charge in [-0.25, -0.2) is 0 Å². The number of amidine groups is 1. The van der Waals surface area contributed by atoms with E-state index in [1.54, 1.807) is 18.2 Å². The van der Waals surface area contributed by atoms with Crippen molar-refractivity contribution in [2.75, 3.05) is 7.11 Å². The number of carbonyl (C=O) groups is 1. The maximum Gasteiger partial charge on any atom is 0.257 e. The molecule has 0 saturated heterocycles. The van der Waals surface area contributed by atoms with Crippen LogP contribution in [0.1, 0.15) is 15.9 Å². The van der Waals surface area contributed by atoms with Crippen LogP contribution in [0.15, 0.2) is 18.2 Å². The first-order chi connectivity index (χ1) is 6.24. The Morgan fingerprint density at radius 3 is 2.92 bits per heavy atom. The minimum atomic E-state index is -0.237. The molecule has 0 fully saturated rings. The van der Waals surface area contributed by atoms with Crippen molar-refractivity contribution in [3.05, 3.63) is 29.3 Å². The Bertz CT molecular complexity index is 399. The summed E-state index contributed by atoms with van der Waals surface area (Å²) < 4.78 is 5.04. The third kappa shape index (κ3) is 0.989. The molecule has 1 amide bonds. The minimum absolute atomic E-state index is 0.109. The van der Waals surface area contributed by atoms with Crippen LogP contribution in [-0.4, -0.2) is 18.9 Å². The Labute approximate surface area is 75.0 Å². The smallest absolute Gasteiger partial charge is 0.257 e. The summed E-state index contributed by atoms with van der Waals surface area (Å²) in [5.74, 6) is 0.428. The second kappa shape index (κ2) is 2.58. The Morgan fingerprint density at radius 2 is 2.23 bits per heavy atom. The van der Waals surface area contributed by atoms with E-state index >= 15 is 0 Å². The zero-order chi connectivity index (χ0) is 9.42. The molecule has 0 unspecified atom stereocenters. The summed E-state index contributed by atoms with van der Waals surface area (Å²) in [5, 5.41) is 9.91. The second-order valence-corrected chi connectivity index (χ2v) is 2.71. The number of fused-ring (bicyclic) bond motifs is 1. The number of amides is 1. The average molecular weight is 176 g/mol. The molecule has 1 aliphatic rings.